The van der Waals surface area contributed by atoms with E-state index >= 15 is 0 Å². The van der Waals surface area contributed by atoms with Crippen LogP contribution in [0.2, 0.25) is 0 Å². The lowest BCUT2D eigenvalue weighted by molar-refractivity contribution is 0.240. The van der Waals surface area contributed by atoms with Gasteiger partial charge in [-0.3, -0.25) is 4.68 Å². The molecule has 3 rings (SSSR count). The molecule has 0 aliphatic carbocycles. The molecule has 5 nitrogen and oxygen atoms in total. The maximum atomic E-state index is 13.0. The Kier molecular flexibility index (Phi) is 4.06. The zero-order valence-corrected chi connectivity index (χ0v) is 14.7. The van der Waals surface area contributed by atoms with Crippen molar-refractivity contribution in [1.82, 2.24) is 14.1 Å². The molecule has 0 bridgehead atoms. The van der Waals surface area contributed by atoms with E-state index in [1.807, 2.05) is 18.2 Å². The first-order valence-electron chi connectivity index (χ1n) is 7.89. The third-order valence-corrected chi connectivity index (χ3v) is 6.89. The molecule has 2 heterocycles. The predicted molar refractivity (Wildman–Crippen MR) is 89.7 cm³/mol. The Balaban J connectivity index is 1.94. The van der Waals surface area contributed by atoms with Crippen molar-refractivity contribution in [3.63, 3.8) is 0 Å². The van der Waals surface area contributed by atoms with E-state index in [0.29, 0.717) is 23.7 Å². The third-order valence-electron chi connectivity index (χ3n) is 4.94. The average molecular weight is 333 g/mol. The predicted octanol–water partition coefficient (Wildman–Crippen LogP) is 2.47. The summed E-state index contributed by atoms with van der Waals surface area (Å²) in [6, 6.07) is 10.2. The van der Waals surface area contributed by atoms with Crippen LogP contribution in [0.4, 0.5) is 0 Å². The number of nitrogens with zero attached hydrogens (tertiary/aromatic N) is 3. The Morgan fingerprint density at radius 3 is 2.52 bits per heavy atom. The summed E-state index contributed by atoms with van der Waals surface area (Å²) in [5, 5.41) is 4.08. The van der Waals surface area contributed by atoms with E-state index < -0.39 is 10.0 Å². The van der Waals surface area contributed by atoms with E-state index in [1.54, 1.807) is 23.0 Å². The lowest BCUT2D eigenvalue weighted by Gasteiger charge is -2.40. The van der Waals surface area contributed by atoms with Crippen LogP contribution in [0.15, 0.2) is 41.4 Å². The largest absolute Gasteiger partial charge is 0.272 e. The Morgan fingerprint density at radius 2 is 1.91 bits per heavy atom. The van der Waals surface area contributed by atoms with Crippen molar-refractivity contribution in [1.29, 1.82) is 0 Å². The van der Waals surface area contributed by atoms with E-state index in [1.165, 1.54) is 11.8 Å². The van der Waals surface area contributed by atoms with Crippen molar-refractivity contribution in [2.24, 2.45) is 7.05 Å². The number of hydrogen-bond donors (Lipinski definition) is 0. The molecular weight excluding hydrogens is 310 g/mol. The fraction of sp³-hybridized carbons (Fsp3) is 0.471. The number of hydrogen-bond acceptors (Lipinski definition) is 3. The van der Waals surface area contributed by atoms with Crippen LogP contribution >= 0.6 is 0 Å². The minimum absolute atomic E-state index is 0.150. The standard InChI is InChI=1S/C17H23N3O2S/c1-14-16(12-18-19(14)3)23(21,22)20-11-7-10-17(2,13-20)15-8-5-4-6-9-15/h4-6,8-9,12H,7,10-11,13H2,1-3H3/t17-/m1/s1. The summed E-state index contributed by atoms with van der Waals surface area (Å²) in [7, 11) is -1.74. The first-order chi connectivity index (χ1) is 10.8. The molecule has 0 N–H and O–H groups in total. The van der Waals surface area contributed by atoms with Crippen molar-refractivity contribution in [3.8, 4) is 0 Å². The molecule has 1 fully saturated rings. The van der Waals surface area contributed by atoms with E-state index in [9.17, 15) is 8.42 Å². The van der Waals surface area contributed by atoms with E-state index in [4.69, 9.17) is 0 Å². The molecule has 0 amide bonds. The van der Waals surface area contributed by atoms with Crippen LogP contribution in [-0.2, 0) is 22.5 Å². The van der Waals surface area contributed by atoms with Gasteiger partial charge in [0.2, 0.25) is 10.0 Å². The second-order valence-corrected chi connectivity index (χ2v) is 8.49. The molecule has 1 saturated heterocycles. The fourth-order valence-electron chi connectivity index (χ4n) is 3.35. The summed E-state index contributed by atoms with van der Waals surface area (Å²) in [6.45, 7) is 5.02. The first kappa shape index (κ1) is 16.2. The second-order valence-electron chi connectivity index (χ2n) is 6.59. The van der Waals surface area contributed by atoms with Gasteiger partial charge in [0.15, 0.2) is 0 Å². The molecule has 23 heavy (non-hydrogen) atoms. The van der Waals surface area contributed by atoms with Crippen molar-refractivity contribution >= 4 is 10.0 Å². The van der Waals surface area contributed by atoms with Gasteiger partial charge in [-0.15, -0.1) is 0 Å². The van der Waals surface area contributed by atoms with Crippen LogP contribution in [0.5, 0.6) is 0 Å². The molecule has 124 valence electrons. The van der Waals surface area contributed by atoms with Gasteiger partial charge in [0, 0.05) is 25.6 Å². The summed E-state index contributed by atoms with van der Waals surface area (Å²) >= 11 is 0. The van der Waals surface area contributed by atoms with Gasteiger partial charge >= 0.3 is 0 Å². The number of piperidine rings is 1. The molecule has 1 aliphatic heterocycles. The highest BCUT2D eigenvalue weighted by atomic mass is 32.2. The van der Waals surface area contributed by atoms with Crippen molar-refractivity contribution < 1.29 is 8.42 Å². The Labute approximate surface area is 138 Å². The van der Waals surface area contributed by atoms with Crippen molar-refractivity contribution in [2.75, 3.05) is 13.1 Å². The van der Waals surface area contributed by atoms with Crippen LogP contribution < -0.4 is 0 Å². The Hall–Kier alpha value is -1.66. The zero-order valence-electron chi connectivity index (χ0n) is 13.9. The molecule has 0 radical (unpaired) electrons. The molecule has 0 spiro atoms. The average Bonchev–Trinajstić information content (AvgIpc) is 2.88. The van der Waals surface area contributed by atoms with Crippen LogP contribution in [-0.4, -0.2) is 35.6 Å². The summed E-state index contributed by atoms with van der Waals surface area (Å²) in [5.74, 6) is 0. The summed E-state index contributed by atoms with van der Waals surface area (Å²) in [6.07, 6.45) is 3.32. The summed E-state index contributed by atoms with van der Waals surface area (Å²) < 4.78 is 29.2. The normalized spacial score (nSPS) is 23.1. The van der Waals surface area contributed by atoms with Gasteiger partial charge in [-0.25, -0.2) is 8.42 Å². The molecule has 2 aromatic rings. The van der Waals surface area contributed by atoms with Crippen molar-refractivity contribution in [2.45, 2.75) is 37.0 Å². The molecular formula is C17H23N3O2S. The van der Waals surface area contributed by atoms with E-state index in [-0.39, 0.29) is 5.41 Å². The van der Waals surface area contributed by atoms with Gasteiger partial charge < -0.3 is 0 Å². The monoisotopic (exact) mass is 333 g/mol. The number of sulfonamides is 1. The highest BCUT2D eigenvalue weighted by molar-refractivity contribution is 7.89. The van der Waals surface area contributed by atoms with Crippen molar-refractivity contribution in [3.05, 3.63) is 47.8 Å². The minimum atomic E-state index is -3.50. The topological polar surface area (TPSA) is 55.2 Å². The number of aromatic nitrogens is 2. The smallest absolute Gasteiger partial charge is 0.246 e. The molecule has 1 aliphatic rings. The van der Waals surface area contributed by atoms with Gasteiger partial charge in [-0.1, -0.05) is 37.3 Å². The van der Waals surface area contributed by atoms with Gasteiger partial charge in [0.05, 0.1) is 11.9 Å². The molecule has 0 saturated carbocycles. The van der Waals surface area contributed by atoms with Crippen LogP contribution in [0.3, 0.4) is 0 Å². The van der Waals surface area contributed by atoms with E-state index in [0.717, 1.165) is 12.8 Å². The summed E-state index contributed by atoms with van der Waals surface area (Å²) in [4.78, 5) is 0.317. The number of aryl methyl sites for hydroxylation is 1. The molecule has 6 heteroatoms. The zero-order chi connectivity index (χ0) is 16.7. The Bertz CT molecular complexity index is 799. The van der Waals surface area contributed by atoms with Gasteiger partial charge in [0.1, 0.15) is 4.90 Å². The second kappa shape index (κ2) is 5.76. The SMILES string of the molecule is Cc1c(S(=O)(=O)N2CCC[C@@](C)(c3ccccc3)C2)cnn1C. The first-order valence-corrected chi connectivity index (χ1v) is 9.33. The van der Waals surface area contributed by atoms with Gasteiger partial charge in [-0.05, 0) is 25.3 Å². The van der Waals surface area contributed by atoms with Gasteiger partial charge in [0.25, 0.3) is 0 Å². The summed E-state index contributed by atoms with van der Waals surface area (Å²) in [5.41, 5.74) is 1.72. The molecule has 1 aromatic heterocycles. The number of benzene rings is 1. The van der Waals surface area contributed by atoms with Crippen LogP contribution in [0, 0.1) is 6.92 Å². The maximum absolute atomic E-state index is 13.0. The van der Waals surface area contributed by atoms with Gasteiger partial charge in [-0.2, -0.15) is 9.40 Å². The van der Waals surface area contributed by atoms with E-state index in [2.05, 4.69) is 24.2 Å². The minimum Gasteiger partial charge on any atom is -0.272 e. The lowest BCUT2D eigenvalue weighted by Crippen LogP contribution is -2.47. The lowest BCUT2D eigenvalue weighted by atomic mass is 9.77. The third kappa shape index (κ3) is 2.81. The Morgan fingerprint density at radius 1 is 1.22 bits per heavy atom. The van der Waals surface area contributed by atoms with Crippen LogP contribution in [0.1, 0.15) is 31.0 Å². The quantitative estimate of drug-likeness (QED) is 0.867. The molecule has 0 unspecified atom stereocenters. The maximum Gasteiger partial charge on any atom is 0.246 e. The highest BCUT2D eigenvalue weighted by Gasteiger charge is 2.39. The molecule has 1 atom stereocenters. The van der Waals surface area contributed by atoms with Crippen LogP contribution in [0.25, 0.3) is 0 Å². The fourth-order valence-corrected chi connectivity index (χ4v) is 5.13. The number of rotatable bonds is 3. The highest BCUT2D eigenvalue weighted by Crippen LogP contribution is 2.36. The molecule has 1 aromatic carbocycles.